The van der Waals surface area contributed by atoms with Crippen LogP contribution in [0.4, 0.5) is 18.9 Å². The van der Waals surface area contributed by atoms with Crippen molar-refractivity contribution in [2.75, 3.05) is 5.73 Å². The molecule has 0 aromatic heterocycles. The van der Waals surface area contributed by atoms with Crippen LogP contribution in [0.15, 0.2) is 16.6 Å². The molecule has 90 valence electrons. The summed E-state index contributed by atoms with van der Waals surface area (Å²) in [5.41, 5.74) is 4.71. The summed E-state index contributed by atoms with van der Waals surface area (Å²) in [4.78, 5) is 0. The van der Waals surface area contributed by atoms with E-state index in [-0.39, 0.29) is 22.0 Å². The lowest BCUT2D eigenvalue weighted by molar-refractivity contribution is -0.138. The van der Waals surface area contributed by atoms with Gasteiger partial charge in [-0.05, 0) is 41.9 Å². The fourth-order valence-corrected chi connectivity index (χ4v) is 1.70. The Kier molecular flexibility index (Phi) is 3.72. The van der Waals surface area contributed by atoms with E-state index in [1.165, 1.54) is 6.07 Å². The number of nitrogen functional groups attached to an aromatic ring is 1. The van der Waals surface area contributed by atoms with Crippen molar-refractivity contribution in [3.8, 4) is 5.75 Å². The van der Waals surface area contributed by atoms with Crippen molar-refractivity contribution in [2.24, 2.45) is 0 Å². The summed E-state index contributed by atoms with van der Waals surface area (Å²) in [5.74, 6) is 0.245. The molecule has 0 atom stereocenters. The lowest BCUT2D eigenvalue weighted by Crippen LogP contribution is -2.11. The molecule has 1 rings (SSSR count). The summed E-state index contributed by atoms with van der Waals surface area (Å²) < 4.78 is 42.6. The fraction of sp³-hybridized carbons (Fsp3) is 0.400. The van der Waals surface area contributed by atoms with E-state index in [9.17, 15) is 13.2 Å². The monoisotopic (exact) mass is 297 g/mol. The van der Waals surface area contributed by atoms with E-state index in [1.54, 1.807) is 13.8 Å². The van der Waals surface area contributed by atoms with Gasteiger partial charge in [0.15, 0.2) is 0 Å². The molecule has 0 fully saturated rings. The second-order valence-electron chi connectivity index (χ2n) is 3.50. The number of anilines is 1. The summed E-state index contributed by atoms with van der Waals surface area (Å²) in [7, 11) is 0. The first-order valence-corrected chi connectivity index (χ1v) is 5.34. The molecule has 0 bridgehead atoms. The van der Waals surface area contributed by atoms with Crippen LogP contribution in [0, 0.1) is 0 Å². The number of alkyl halides is 3. The summed E-state index contributed by atoms with van der Waals surface area (Å²) in [6.45, 7) is 3.54. The third-order valence-corrected chi connectivity index (χ3v) is 2.66. The Bertz CT molecular complexity index is 390. The average molecular weight is 298 g/mol. The second-order valence-corrected chi connectivity index (χ2v) is 4.30. The van der Waals surface area contributed by atoms with Crippen LogP contribution < -0.4 is 10.5 Å². The first-order chi connectivity index (χ1) is 7.23. The number of benzene rings is 1. The van der Waals surface area contributed by atoms with E-state index >= 15 is 0 Å². The molecule has 6 heteroatoms. The van der Waals surface area contributed by atoms with Crippen LogP contribution >= 0.6 is 15.9 Å². The van der Waals surface area contributed by atoms with Gasteiger partial charge in [-0.2, -0.15) is 13.2 Å². The number of rotatable bonds is 2. The van der Waals surface area contributed by atoms with Crippen LogP contribution in [-0.2, 0) is 6.18 Å². The average Bonchev–Trinajstić information content (AvgIpc) is 2.10. The van der Waals surface area contributed by atoms with Gasteiger partial charge in [0, 0.05) is 0 Å². The Morgan fingerprint density at radius 3 is 2.31 bits per heavy atom. The van der Waals surface area contributed by atoms with Gasteiger partial charge < -0.3 is 10.5 Å². The molecule has 2 N–H and O–H groups in total. The standard InChI is InChI=1S/C10H11BrF3NO/c1-5(2)16-7-4-3-6(10(12,13)14)8(11)9(7)15/h3-5H,15H2,1-2H3. The first kappa shape index (κ1) is 13.2. The first-order valence-electron chi connectivity index (χ1n) is 4.55. The van der Waals surface area contributed by atoms with Gasteiger partial charge in [0.1, 0.15) is 5.75 Å². The highest BCUT2D eigenvalue weighted by Gasteiger charge is 2.34. The smallest absolute Gasteiger partial charge is 0.417 e. The summed E-state index contributed by atoms with van der Waals surface area (Å²) in [6.07, 6.45) is -4.57. The minimum atomic E-state index is -4.43. The lowest BCUT2D eigenvalue weighted by Gasteiger charge is -2.16. The Morgan fingerprint density at radius 1 is 1.31 bits per heavy atom. The van der Waals surface area contributed by atoms with E-state index in [0.717, 1.165) is 6.07 Å². The van der Waals surface area contributed by atoms with Crippen molar-refractivity contribution in [2.45, 2.75) is 26.1 Å². The van der Waals surface area contributed by atoms with Gasteiger partial charge in [-0.15, -0.1) is 0 Å². The van der Waals surface area contributed by atoms with Crippen molar-refractivity contribution in [1.29, 1.82) is 0 Å². The normalized spacial score (nSPS) is 11.9. The van der Waals surface area contributed by atoms with Gasteiger partial charge in [-0.25, -0.2) is 0 Å². The van der Waals surface area contributed by atoms with Crippen molar-refractivity contribution < 1.29 is 17.9 Å². The van der Waals surface area contributed by atoms with Gasteiger partial charge in [0.2, 0.25) is 0 Å². The van der Waals surface area contributed by atoms with Gasteiger partial charge in [0.25, 0.3) is 0 Å². The molecule has 2 nitrogen and oxygen atoms in total. The Labute approximate surface area is 99.7 Å². The molecule has 0 spiro atoms. The van der Waals surface area contributed by atoms with Crippen molar-refractivity contribution in [1.82, 2.24) is 0 Å². The Hall–Kier alpha value is -0.910. The zero-order valence-electron chi connectivity index (χ0n) is 8.73. The molecule has 0 aliphatic heterocycles. The minimum absolute atomic E-state index is 0.0384. The summed E-state index contributed by atoms with van der Waals surface area (Å²) >= 11 is 2.83. The predicted molar refractivity (Wildman–Crippen MR) is 59.3 cm³/mol. The van der Waals surface area contributed by atoms with Gasteiger partial charge in [0.05, 0.1) is 21.8 Å². The number of hydrogen-bond acceptors (Lipinski definition) is 2. The predicted octanol–water partition coefficient (Wildman–Crippen LogP) is 3.84. The van der Waals surface area contributed by atoms with Gasteiger partial charge in [-0.1, -0.05) is 0 Å². The lowest BCUT2D eigenvalue weighted by atomic mass is 10.2. The molecular formula is C10H11BrF3NO. The van der Waals surface area contributed by atoms with E-state index in [0.29, 0.717) is 0 Å². The molecule has 1 aromatic rings. The maximum absolute atomic E-state index is 12.5. The number of halogens is 4. The van der Waals surface area contributed by atoms with E-state index < -0.39 is 11.7 Å². The third kappa shape index (κ3) is 2.81. The quantitative estimate of drug-likeness (QED) is 0.842. The van der Waals surface area contributed by atoms with Crippen LogP contribution in [-0.4, -0.2) is 6.10 Å². The molecule has 0 radical (unpaired) electrons. The van der Waals surface area contributed by atoms with E-state index in [2.05, 4.69) is 15.9 Å². The largest absolute Gasteiger partial charge is 0.489 e. The minimum Gasteiger partial charge on any atom is -0.489 e. The molecule has 16 heavy (non-hydrogen) atoms. The van der Waals surface area contributed by atoms with Crippen LogP contribution in [0.25, 0.3) is 0 Å². The SMILES string of the molecule is CC(C)Oc1ccc(C(F)(F)F)c(Br)c1N. The van der Waals surface area contributed by atoms with Crippen LogP contribution in [0.2, 0.25) is 0 Å². The molecular weight excluding hydrogens is 287 g/mol. The van der Waals surface area contributed by atoms with Crippen molar-refractivity contribution in [3.05, 3.63) is 22.2 Å². The van der Waals surface area contributed by atoms with Gasteiger partial charge >= 0.3 is 6.18 Å². The van der Waals surface area contributed by atoms with E-state index in [4.69, 9.17) is 10.5 Å². The zero-order chi connectivity index (χ0) is 12.5. The highest BCUT2D eigenvalue weighted by atomic mass is 79.9. The molecule has 1 aromatic carbocycles. The highest BCUT2D eigenvalue weighted by Crippen LogP contribution is 2.41. The number of ether oxygens (including phenoxy) is 1. The van der Waals surface area contributed by atoms with Crippen molar-refractivity contribution in [3.63, 3.8) is 0 Å². The Balaban J connectivity index is 3.19. The zero-order valence-corrected chi connectivity index (χ0v) is 10.3. The highest BCUT2D eigenvalue weighted by molar-refractivity contribution is 9.10. The Morgan fingerprint density at radius 2 is 1.88 bits per heavy atom. The second kappa shape index (κ2) is 4.53. The third-order valence-electron chi connectivity index (χ3n) is 1.81. The van der Waals surface area contributed by atoms with Crippen molar-refractivity contribution >= 4 is 21.6 Å². The molecule has 0 heterocycles. The summed E-state index contributed by atoms with van der Waals surface area (Å²) in [6, 6.07) is 2.17. The molecule has 0 saturated heterocycles. The number of hydrogen-bond donors (Lipinski definition) is 1. The topological polar surface area (TPSA) is 35.2 Å². The molecule has 0 saturated carbocycles. The van der Waals surface area contributed by atoms with Crippen LogP contribution in [0.5, 0.6) is 5.75 Å². The van der Waals surface area contributed by atoms with Gasteiger partial charge in [-0.3, -0.25) is 0 Å². The fourth-order valence-electron chi connectivity index (χ4n) is 1.15. The molecule has 0 unspecified atom stereocenters. The van der Waals surface area contributed by atoms with Crippen LogP contribution in [0.1, 0.15) is 19.4 Å². The summed E-state index contributed by atoms with van der Waals surface area (Å²) in [5, 5.41) is 0. The molecule has 0 aliphatic carbocycles. The number of nitrogens with two attached hydrogens (primary N) is 1. The maximum Gasteiger partial charge on any atom is 0.417 e. The van der Waals surface area contributed by atoms with Crippen LogP contribution in [0.3, 0.4) is 0 Å². The molecule has 0 amide bonds. The maximum atomic E-state index is 12.5. The molecule has 0 aliphatic rings. The van der Waals surface area contributed by atoms with E-state index in [1.807, 2.05) is 0 Å².